The van der Waals surface area contributed by atoms with Crippen LogP contribution in [0.3, 0.4) is 0 Å². The molecule has 0 fully saturated rings. The molecule has 0 spiro atoms. The predicted molar refractivity (Wildman–Crippen MR) is 53.3 cm³/mol. The summed E-state index contributed by atoms with van der Waals surface area (Å²) >= 11 is 0. The second kappa shape index (κ2) is 4.16. The Bertz CT molecular complexity index is 522. The van der Waals surface area contributed by atoms with Crippen LogP contribution in [0.4, 0.5) is 9.57 Å². The minimum atomic E-state index is -4.59. The molecular weight excluding hydrogens is 241 g/mol. The third-order valence-corrected chi connectivity index (χ3v) is 2.74. The zero-order valence-corrected chi connectivity index (χ0v) is 9.49. The summed E-state index contributed by atoms with van der Waals surface area (Å²) in [6.45, 7) is 2.63. The Hall–Kier alpha value is -1.51. The highest BCUT2D eigenvalue weighted by molar-refractivity contribution is 7.86. The van der Waals surface area contributed by atoms with Gasteiger partial charge in [0.05, 0.1) is 17.2 Å². The third-order valence-electron chi connectivity index (χ3n) is 2.07. The number of hydrogen-bond donors (Lipinski definition) is 0. The van der Waals surface area contributed by atoms with Crippen LogP contribution in [0, 0.1) is 24.0 Å². The molecular formula is C7H10FN3O4S. The van der Waals surface area contributed by atoms with Crippen molar-refractivity contribution in [1.82, 2.24) is 9.78 Å². The fourth-order valence-corrected chi connectivity index (χ4v) is 1.76. The summed E-state index contributed by atoms with van der Waals surface area (Å²) in [7, 11) is -4.59. The summed E-state index contributed by atoms with van der Waals surface area (Å²) in [6.07, 6.45) is 0. The van der Waals surface area contributed by atoms with Crippen LogP contribution in [-0.2, 0) is 16.8 Å². The quantitative estimate of drug-likeness (QED) is 0.446. The molecule has 1 heterocycles. The van der Waals surface area contributed by atoms with Crippen molar-refractivity contribution < 1.29 is 17.2 Å². The molecule has 0 bridgehead atoms. The fraction of sp³-hybridized carbons (Fsp3) is 0.571. The van der Waals surface area contributed by atoms with E-state index in [0.29, 0.717) is 0 Å². The van der Waals surface area contributed by atoms with Gasteiger partial charge in [-0.25, -0.2) is 0 Å². The molecule has 0 aliphatic heterocycles. The maximum atomic E-state index is 12.3. The first kappa shape index (κ1) is 12.6. The Morgan fingerprint density at radius 1 is 1.50 bits per heavy atom. The molecule has 0 N–H and O–H groups in total. The summed E-state index contributed by atoms with van der Waals surface area (Å²) < 4.78 is 34.0. The van der Waals surface area contributed by atoms with Crippen molar-refractivity contribution in [3.05, 3.63) is 21.5 Å². The normalized spacial score (nSPS) is 11.7. The Morgan fingerprint density at radius 3 is 2.44 bits per heavy atom. The summed E-state index contributed by atoms with van der Waals surface area (Å²) in [5.74, 6) is -0.744. The molecule has 90 valence electrons. The molecule has 0 saturated heterocycles. The molecule has 0 saturated carbocycles. The van der Waals surface area contributed by atoms with Gasteiger partial charge in [0.25, 0.3) is 0 Å². The molecule has 0 aliphatic rings. The van der Waals surface area contributed by atoms with E-state index >= 15 is 0 Å². The Balaban J connectivity index is 3.00. The molecule has 0 unspecified atom stereocenters. The van der Waals surface area contributed by atoms with Gasteiger partial charge in [0.1, 0.15) is 11.4 Å². The SMILES string of the molecule is Cc1nn(CCS(=O)(=O)F)c(C)c1[N+](=O)[O-]. The summed E-state index contributed by atoms with van der Waals surface area (Å²) in [6, 6.07) is 0. The minimum absolute atomic E-state index is 0.170. The summed E-state index contributed by atoms with van der Waals surface area (Å²) in [5, 5.41) is 14.4. The standard InChI is InChI=1S/C7H10FN3O4S/c1-5-7(11(12)13)6(2)10(9-5)3-4-16(8,14)15/h3-4H2,1-2H3. The first-order chi connectivity index (χ1) is 7.22. The van der Waals surface area contributed by atoms with Crippen molar-refractivity contribution in [2.24, 2.45) is 0 Å². The fourth-order valence-electron chi connectivity index (χ4n) is 1.36. The van der Waals surface area contributed by atoms with Crippen LogP contribution in [0.25, 0.3) is 0 Å². The smallest absolute Gasteiger partial charge is 0.261 e. The molecule has 9 heteroatoms. The van der Waals surface area contributed by atoms with Gasteiger partial charge in [0.2, 0.25) is 0 Å². The number of rotatable bonds is 4. The first-order valence-electron chi connectivity index (χ1n) is 4.33. The largest absolute Gasteiger partial charge is 0.312 e. The van der Waals surface area contributed by atoms with Crippen LogP contribution in [0.5, 0.6) is 0 Å². The van der Waals surface area contributed by atoms with Gasteiger partial charge in [-0.1, -0.05) is 0 Å². The maximum Gasteiger partial charge on any atom is 0.312 e. The van der Waals surface area contributed by atoms with Crippen molar-refractivity contribution in [3.63, 3.8) is 0 Å². The molecule has 0 atom stereocenters. The van der Waals surface area contributed by atoms with Gasteiger partial charge in [-0.05, 0) is 13.8 Å². The number of nitro groups is 1. The van der Waals surface area contributed by atoms with Crippen molar-refractivity contribution in [2.75, 3.05) is 5.75 Å². The third kappa shape index (κ3) is 2.75. The van der Waals surface area contributed by atoms with Gasteiger partial charge in [-0.3, -0.25) is 14.8 Å². The van der Waals surface area contributed by atoms with E-state index in [4.69, 9.17) is 0 Å². The van der Waals surface area contributed by atoms with E-state index in [2.05, 4.69) is 5.10 Å². The number of halogens is 1. The monoisotopic (exact) mass is 251 g/mol. The topological polar surface area (TPSA) is 95.1 Å². The lowest BCUT2D eigenvalue weighted by Gasteiger charge is -1.99. The number of hydrogen-bond acceptors (Lipinski definition) is 5. The average molecular weight is 251 g/mol. The van der Waals surface area contributed by atoms with Gasteiger partial charge in [-0.15, -0.1) is 3.89 Å². The Kier molecular flexibility index (Phi) is 3.27. The molecule has 1 aromatic rings. The molecule has 1 rings (SSSR count). The van der Waals surface area contributed by atoms with Crippen LogP contribution in [0.1, 0.15) is 11.4 Å². The second-order valence-electron chi connectivity index (χ2n) is 3.24. The number of nitrogens with zero attached hydrogens (tertiary/aromatic N) is 3. The van der Waals surface area contributed by atoms with Crippen LogP contribution >= 0.6 is 0 Å². The minimum Gasteiger partial charge on any atom is -0.261 e. The van der Waals surface area contributed by atoms with E-state index in [1.165, 1.54) is 13.8 Å². The molecule has 7 nitrogen and oxygen atoms in total. The maximum absolute atomic E-state index is 12.3. The van der Waals surface area contributed by atoms with Crippen LogP contribution < -0.4 is 0 Å². The zero-order valence-electron chi connectivity index (χ0n) is 8.68. The molecule has 0 aromatic carbocycles. The highest BCUT2D eigenvalue weighted by Gasteiger charge is 2.22. The van der Waals surface area contributed by atoms with Crippen molar-refractivity contribution in [3.8, 4) is 0 Å². The van der Waals surface area contributed by atoms with Gasteiger partial charge >= 0.3 is 15.9 Å². The van der Waals surface area contributed by atoms with Gasteiger partial charge in [0, 0.05) is 0 Å². The molecule has 0 radical (unpaired) electrons. The Morgan fingerprint density at radius 2 is 2.06 bits per heavy atom. The van der Waals surface area contributed by atoms with E-state index in [1.54, 1.807) is 0 Å². The highest BCUT2D eigenvalue weighted by atomic mass is 32.3. The lowest BCUT2D eigenvalue weighted by Crippen LogP contribution is -2.11. The van der Waals surface area contributed by atoms with E-state index in [-0.39, 0.29) is 23.6 Å². The number of aryl methyl sites for hydroxylation is 2. The highest BCUT2D eigenvalue weighted by Crippen LogP contribution is 2.21. The van der Waals surface area contributed by atoms with Crippen molar-refractivity contribution in [2.45, 2.75) is 20.4 Å². The summed E-state index contributed by atoms with van der Waals surface area (Å²) in [4.78, 5) is 10.0. The lowest BCUT2D eigenvalue weighted by molar-refractivity contribution is -0.386. The van der Waals surface area contributed by atoms with Gasteiger partial charge in [-0.2, -0.15) is 13.5 Å². The van der Waals surface area contributed by atoms with Crippen LogP contribution in [0.15, 0.2) is 0 Å². The van der Waals surface area contributed by atoms with Gasteiger partial charge in [0.15, 0.2) is 0 Å². The molecule has 0 aliphatic carbocycles. The van der Waals surface area contributed by atoms with Crippen molar-refractivity contribution >= 4 is 15.9 Å². The van der Waals surface area contributed by atoms with Crippen LogP contribution in [0.2, 0.25) is 0 Å². The molecule has 0 amide bonds. The lowest BCUT2D eigenvalue weighted by atomic mass is 10.3. The number of aromatic nitrogens is 2. The van der Waals surface area contributed by atoms with Crippen LogP contribution in [-0.4, -0.2) is 28.9 Å². The second-order valence-corrected chi connectivity index (χ2v) is 4.73. The van der Waals surface area contributed by atoms with E-state index in [9.17, 15) is 22.4 Å². The zero-order chi connectivity index (χ0) is 12.5. The van der Waals surface area contributed by atoms with Gasteiger partial charge < -0.3 is 0 Å². The predicted octanol–water partition coefficient (Wildman–Crippen LogP) is 0.707. The van der Waals surface area contributed by atoms with E-state index < -0.39 is 20.9 Å². The summed E-state index contributed by atoms with van der Waals surface area (Å²) in [5.41, 5.74) is 0.223. The molecule has 1 aromatic heterocycles. The van der Waals surface area contributed by atoms with E-state index in [1.807, 2.05) is 0 Å². The first-order valence-corrected chi connectivity index (χ1v) is 5.88. The average Bonchev–Trinajstić information content (AvgIpc) is 2.36. The van der Waals surface area contributed by atoms with E-state index in [0.717, 1.165) is 4.68 Å². The van der Waals surface area contributed by atoms with Crippen molar-refractivity contribution in [1.29, 1.82) is 0 Å². The molecule has 16 heavy (non-hydrogen) atoms. The Labute approximate surface area is 91.2 Å².